The van der Waals surface area contributed by atoms with Crippen molar-refractivity contribution in [1.29, 1.82) is 0 Å². The predicted octanol–water partition coefficient (Wildman–Crippen LogP) is 4.13. The van der Waals surface area contributed by atoms with Crippen molar-refractivity contribution in [3.8, 4) is 0 Å². The molecule has 1 fully saturated rings. The van der Waals surface area contributed by atoms with Gasteiger partial charge in [-0.3, -0.25) is 9.78 Å². The second-order valence-electron chi connectivity index (χ2n) is 9.52. The van der Waals surface area contributed by atoms with Crippen LogP contribution in [0.3, 0.4) is 0 Å². The number of carbonyl (C=O) groups is 1. The van der Waals surface area contributed by atoms with E-state index in [0.717, 1.165) is 29.7 Å². The summed E-state index contributed by atoms with van der Waals surface area (Å²) in [6, 6.07) is 19.6. The number of aryl methyl sites for hydroxylation is 1. The van der Waals surface area contributed by atoms with Gasteiger partial charge in [-0.15, -0.1) is 0 Å². The second-order valence-corrected chi connectivity index (χ2v) is 9.52. The summed E-state index contributed by atoms with van der Waals surface area (Å²) in [6.45, 7) is 2.07. The molecule has 4 unspecified atom stereocenters. The van der Waals surface area contributed by atoms with E-state index in [1.807, 2.05) is 49.4 Å². The van der Waals surface area contributed by atoms with Crippen LogP contribution in [0.4, 0.5) is 5.69 Å². The maximum Gasteiger partial charge on any atom is 0.255 e. The van der Waals surface area contributed by atoms with Gasteiger partial charge in [-0.1, -0.05) is 36.4 Å². The van der Waals surface area contributed by atoms with Crippen LogP contribution in [0.5, 0.6) is 0 Å². The van der Waals surface area contributed by atoms with Gasteiger partial charge in [0, 0.05) is 23.1 Å². The van der Waals surface area contributed by atoms with Crippen LogP contribution in [0.2, 0.25) is 0 Å². The van der Waals surface area contributed by atoms with Crippen molar-refractivity contribution in [2.75, 3.05) is 5.32 Å². The fraction of sp³-hybridized carbons (Fsp3) is 0.357. The molecule has 176 valence electrons. The monoisotopic (exact) mass is 458 g/mol. The average molecular weight is 459 g/mol. The number of nitrogens with zero attached hydrogens (tertiary/aromatic N) is 1. The maximum atomic E-state index is 13.0. The number of ether oxygens (including phenoxy) is 1. The molecule has 0 radical (unpaired) electrons. The highest BCUT2D eigenvalue weighted by Crippen LogP contribution is 2.50. The summed E-state index contributed by atoms with van der Waals surface area (Å²) in [4.78, 5) is 17.3. The largest absolute Gasteiger partial charge is 0.393 e. The SMILES string of the molecule is Cc1ncccc1NC(=O)c1ccc2c(c1)COC(O)C1CC(O)CCC21Cc1ccccc1. The lowest BCUT2D eigenvalue weighted by atomic mass is 9.58. The predicted molar refractivity (Wildman–Crippen MR) is 129 cm³/mol. The van der Waals surface area contributed by atoms with E-state index < -0.39 is 12.4 Å². The lowest BCUT2D eigenvalue weighted by Crippen LogP contribution is -2.48. The van der Waals surface area contributed by atoms with Gasteiger partial charge in [0.15, 0.2) is 6.29 Å². The Morgan fingerprint density at radius 2 is 1.97 bits per heavy atom. The minimum absolute atomic E-state index is 0.212. The van der Waals surface area contributed by atoms with Gasteiger partial charge in [-0.25, -0.2) is 0 Å². The van der Waals surface area contributed by atoms with Crippen LogP contribution in [-0.4, -0.2) is 33.5 Å². The van der Waals surface area contributed by atoms with Gasteiger partial charge in [0.25, 0.3) is 5.91 Å². The Kier molecular flexibility index (Phi) is 6.21. The van der Waals surface area contributed by atoms with E-state index in [2.05, 4.69) is 22.4 Å². The number of benzene rings is 2. The number of pyridine rings is 1. The Bertz CT molecular complexity index is 1180. The fourth-order valence-electron chi connectivity index (χ4n) is 5.69. The molecule has 1 aliphatic heterocycles. The number of nitrogens with one attached hydrogen (secondary N) is 1. The standard InChI is InChI=1S/C28H30N2O4/c1-18-25(8-5-13-29-18)30-26(32)20-9-10-23-21(14-20)17-34-27(33)24-15-22(31)11-12-28(23,24)16-19-6-3-2-4-7-19/h2-10,13-14,22,24,27,31,33H,11-12,15-17H2,1H3,(H,30,32). The Morgan fingerprint density at radius 1 is 1.15 bits per heavy atom. The van der Waals surface area contributed by atoms with Crippen LogP contribution in [-0.2, 0) is 23.2 Å². The molecule has 2 heterocycles. The van der Waals surface area contributed by atoms with E-state index in [1.165, 1.54) is 5.56 Å². The van der Waals surface area contributed by atoms with Gasteiger partial charge < -0.3 is 20.3 Å². The van der Waals surface area contributed by atoms with Gasteiger partial charge in [-0.2, -0.15) is 0 Å². The molecule has 0 bridgehead atoms. The van der Waals surface area contributed by atoms with Crippen LogP contribution >= 0.6 is 0 Å². The molecule has 34 heavy (non-hydrogen) atoms. The molecule has 1 aliphatic carbocycles. The van der Waals surface area contributed by atoms with Crippen molar-refractivity contribution in [2.24, 2.45) is 5.92 Å². The molecule has 6 heteroatoms. The summed E-state index contributed by atoms with van der Waals surface area (Å²) in [6.07, 6.45) is 2.87. The summed E-state index contributed by atoms with van der Waals surface area (Å²) in [7, 11) is 0. The lowest BCUT2D eigenvalue weighted by molar-refractivity contribution is -0.169. The highest BCUT2D eigenvalue weighted by Gasteiger charge is 2.50. The van der Waals surface area contributed by atoms with E-state index in [4.69, 9.17) is 4.74 Å². The van der Waals surface area contributed by atoms with Gasteiger partial charge >= 0.3 is 0 Å². The van der Waals surface area contributed by atoms with Crippen LogP contribution in [0.1, 0.15) is 52.0 Å². The molecule has 1 amide bonds. The van der Waals surface area contributed by atoms with Crippen molar-refractivity contribution in [3.63, 3.8) is 0 Å². The van der Waals surface area contributed by atoms with E-state index in [-0.39, 0.29) is 23.8 Å². The number of rotatable bonds is 4. The third kappa shape index (κ3) is 4.25. The normalized spacial score (nSPS) is 26.1. The van der Waals surface area contributed by atoms with Crippen LogP contribution < -0.4 is 5.32 Å². The molecule has 2 aromatic carbocycles. The molecule has 4 atom stereocenters. The minimum atomic E-state index is -0.985. The number of fused-ring (bicyclic) bond motifs is 3. The number of aliphatic hydroxyl groups excluding tert-OH is 2. The zero-order chi connectivity index (χ0) is 23.7. The molecule has 0 saturated heterocycles. The number of hydrogen-bond donors (Lipinski definition) is 3. The van der Waals surface area contributed by atoms with Crippen LogP contribution in [0.25, 0.3) is 0 Å². The molecule has 3 N–H and O–H groups in total. The van der Waals surface area contributed by atoms with Crippen molar-refractivity contribution < 1.29 is 19.7 Å². The van der Waals surface area contributed by atoms with Gasteiger partial charge in [0.2, 0.25) is 0 Å². The smallest absolute Gasteiger partial charge is 0.255 e. The number of aliphatic hydroxyl groups is 2. The molecule has 0 spiro atoms. The molecule has 2 aliphatic rings. The van der Waals surface area contributed by atoms with Crippen LogP contribution in [0, 0.1) is 12.8 Å². The second kappa shape index (κ2) is 9.29. The van der Waals surface area contributed by atoms with E-state index >= 15 is 0 Å². The van der Waals surface area contributed by atoms with Crippen molar-refractivity contribution in [2.45, 2.75) is 57.0 Å². The zero-order valence-corrected chi connectivity index (χ0v) is 19.3. The summed E-state index contributed by atoms with van der Waals surface area (Å²) in [5.41, 5.74) is 4.75. The van der Waals surface area contributed by atoms with Crippen LogP contribution in [0.15, 0.2) is 66.9 Å². The van der Waals surface area contributed by atoms with Gasteiger partial charge in [-0.05, 0) is 73.6 Å². The number of aromatic nitrogens is 1. The third-order valence-electron chi connectivity index (χ3n) is 7.43. The first-order valence-corrected chi connectivity index (χ1v) is 11.8. The van der Waals surface area contributed by atoms with E-state index in [1.54, 1.807) is 12.3 Å². The fourth-order valence-corrected chi connectivity index (χ4v) is 5.69. The number of anilines is 1. The topological polar surface area (TPSA) is 91.7 Å². The highest BCUT2D eigenvalue weighted by molar-refractivity contribution is 6.04. The number of amides is 1. The number of hydrogen-bond acceptors (Lipinski definition) is 5. The van der Waals surface area contributed by atoms with Gasteiger partial charge in [0.05, 0.1) is 24.1 Å². The first-order chi connectivity index (χ1) is 16.5. The van der Waals surface area contributed by atoms with Gasteiger partial charge in [0.1, 0.15) is 0 Å². The molecule has 1 aromatic heterocycles. The molecule has 3 aromatic rings. The Hall–Kier alpha value is -3.06. The summed E-state index contributed by atoms with van der Waals surface area (Å²) in [5, 5.41) is 24.4. The van der Waals surface area contributed by atoms with Crippen molar-refractivity contribution in [1.82, 2.24) is 4.98 Å². The average Bonchev–Trinajstić information content (AvgIpc) is 2.96. The van der Waals surface area contributed by atoms with E-state index in [9.17, 15) is 15.0 Å². The summed E-state index contributed by atoms with van der Waals surface area (Å²) in [5.74, 6) is -0.452. The third-order valence-corrected chi connectivity index (χ3v) is 7.43. The Labute approximate surface area is 199 Å². The molecule has 1 saturated carbocycles. The highest BCUT2D eigenvalue weighted by atomic mass is 16.6. The summed E-state index contributed by atoms with van der Waals surface area (Å²) >= 11 is 0. The molecule has 5 rings (SSSR count). The first kappa shape index (κ1) is 22.7. The Balaban J connectivity index is 1.54. The summed E-state index contributed by atoms with van der Waals surface area (Å²) < 4.78 is 5.88. The van der Waals surface area contributed by atoms with Crippen molar-refractivity contribution >= 4 is 11.6 Å². The Morgan fingerprint density at radius 3 is 2.76 bits per heavy atom. The first-order valence-electron chi connectivity index (χ1n) is 11.8. The lowest BCUT2D eigenvalue weighted by Gasteiger charge is -2.47. The molecular formula is C28H30N2O4. The molecule has 6 nitrogen and oxygen atoms in total. The zero-order valence-electron chi connectivity index (χ0n) is 19.3. The quantitative estimate of drug-likeness (QED) is 0.547. The van der Waals surface area contributed by atoms with E-state index in [0.29, 0.717) is 24.1 Å². The maximum absolute atomic E-state index is 13.0. The van der Waals surface area contributed by atoms with Crippen molar-refractivity contribution in [3.05, 3.63) is 94.8 Å². The minimum Gasteiger partial charge on any atom is -0.393 e. The number of carbonyl (C=O) groups excluding carboxylic acids is 1. The molecular weight excluding hydrogens is 428 g/mol.